The molecule has 1 atom stereocenters. The summed E-state index contributed by atoms with van der Waals surface area (Å²) in [5.41, 5.74) is 2.07. The highest BCUT2D eigenvalue weighted by atomic mass is 79.9. The Labute approximate surface area is 158 Å². The molecule has 3 rings (SSSR count). The van der Waals surface area contributed by atoms with E-state index in [1.54, 1.807) is 0 Å². The lowest BCUT2D eigenvalue weighted by Crippen LogP contribution is -2.38. The van der Waals surface area contributed by atoms with Crippen LogP contribution in [0.5, 0.6) is 0 Å². The Bertz CT molecular complexity index is 946. The largest absolute Gasteiger partial charge is 0.348 e. The molecule has 26 heavy (non-hydrogen) atoms. The number of sulfonamides is 1. The van der Waals surface area contributed by atoms with Crippen LogP contribution in [0.25, 0.3) is 0 Å². The van der Waals surface area contributed by atoms with E-state index in [2.05, 4.69) is 21.2 Å². The number of carbonyl (C=O) groups is 1. The fourth-order valence-corrected chi connectivity index (χ4v) is 4.67. The van der Waals surface area contributed by atoms with Crippen LogP contribution in [0.1, 0.15) is 23.6 Å². The van der Waals surface area contributed by atoms with Gasteiger partial charge in [-0.15, -0.1) is 0 Å². The lowest BCUT2D eigenvalue weighted by atomic mass is 10.1. The summed E-state index contributed by atoms with van der Waals surface area (Å²) in [5, 5.41) is 2.74. The van der Waals surface area contributed by atoms with E-state index in [0.29, 0.717) is 6.42 Å². The Morgan fingerprint density at radius 3 is 2.50 bits per heavy atom. The van der Waals surface area contributed by atoms with Crippen LogP contribution in [0.3, 0.4) is 0 Å². The highest BCUT2D eigenvalue weighted by Gasteiger charge is 2.27. The Balaban J connectivity index is 1.66. The quantitative estimate of drug-likeness (QED) is 0.744. The van der Waals surface area contributed by atoms with Crippen LogP contribution in [0.4, 0.5) is 8.78 Å². The van der Waals surface area contributed by atoms with Crippen LogP contribution >= 0.6 is 15.9 Å². The van der Waals surface area contributed by atoms with Gasteiger partial charge in [-0.3, -0.25) is 4.79 Å². The first-order chi connectivity index (χ1) is 12.3. The van der Waals surface area contributed by atoms with E-state index < -0.39 is 39.0 Å². The van der Waals surface area contributed by atoms with Crippen molar-refractivity contribution < 1.29 is 22.0 Å². The number of halogens is 3. The van der Waals surface area contributed by atoms with Crippen LogP contribution in [0, 0.1) is 11.6 Å². The third-order valence-electron chi connectivity index (χ3n) is 4.16. The molecule has 2 aromatic carbocycles. The summed E-state index contributed by atoms with van der Waals surface area (Å²) in [5.74, 6) is -3.01. The third-order valence-corrected chi connectivity index (χ3v) is 6.35. The first kappa shape index (κ1) is 18.9. The van der Waals surface area contributed by atoms with E-state index >= 15 is 0 Å². The van der Waals surface area contributed by atoms with E-state index in [0.717, 1.165) is 40.2 Å². The maximum atomic E-state index is 13.6. The monoisotopic (exact) mass is 444 g/mol. The molecular weight excluding hydrogens is 430 g/mol. The van der Waals surface area contributed by atoms with Crippen molar-refractivity contribution in [1.82, 2.24) is 10.0 Å². The van der Waals surface area contributed by atoms with Crippen molar-refractivity contribution in [2.24, 2.45) is 0 Å². The molecule has 0 aliphatic heterocycles. The molecule has 5 nitrogen and oxygen atoms in total. The van der Waals surface area contributed by atoms with Gasteiger partial charge in [0.2, 0.25) is 15.9 Å². The third kappa shape index (κ3) is 3.79. The minimum atomic E-state index is -4.49. The minimum absolute atomic E-state index is 0.232. The van der Waals surface area contributed by atoms with Gasteiger partial charge in [0.05, 0.1) is 12.6 Å². The Morgan fingerprint density at radius 2 is 1.81 bits per heavy atom. The Kier molecular flexibility index (Phi) is 5.40. The number of hydrogen-bond acceptors (Lipinski definition) is 3. The summed E-state index contributed by atoms with van der Waals surface area (Å²) in [6, 6.07) is 8.18. The normalized spacial score (nSPS) is 16.3. The van der Waals surface area contributed by atoms with Crippen LogP contribution in [0.15, 0.2) is 45.8 Å². The van der Waals surface area contributed by atoms with Gasteiger partial charge in [-0.2, -0.15) is 0 Å². The molecule has 0 spiro atoms. The smallest absolute Gasteiger partial charge is 0.246 e. The first-order valence-corrected chi connectivity index (χ1v) is 10.1. The molecule has 1 aliphatic rings. The second kappa shape index (κ2) is 7.42. The Hall–Kier alpha value is -1.84. The van der Waals surface area contributed by atoms with E-state index in [-0.39, 0.29) is 6.04 Å². The molecule has 2 N–H and O–H groups in total. The predicted molar refractivity (Wildman–Crippen MR) is 94.9 cm³/mol. The van der Waals surface area contributed by atoms with E-state index in [9.17, 15) is 22.0 Å². The van der Waals surface area contributed by atoms with Gasteiger partial charge in [0.15, 0.2) is 4.90 Å². The van der Waals surface area contributed by atoms with Crippen molar-refractivity contribution in [2.45, 2.75) is 23.8 Å². The molecule has 0 radical (unpaired) electrons. The molecule has 0 aromatic heterocycles. The van der Waals surface area contributed by atoms with Crippen molar-refractivity contribution in [2.75, 3.05) is 6.54 Å². The number of hydrogen-bond donors (Lipinski definition) is 2. The van der Waals surface area contributed by atoms with Gasteiger partial charge >= 0.3 is 0 Å². The standard InChI is InChI=1S/C17H15BrF2N2O3S/c18-12-4-1-3-11-10(12)7-8-15(11)22-16(23)9-21-26(24,25)17-13(19)5-2-6-14(17)20/h1-6,15,21H,7-9H2,(H,22,23). The molecule has 138 valence electrons. The van der Waals surface area contributed by atoms with Gasteiger partial charge < -0.3 is 5.32 Å². The summed E-state index contributed by atoms with van der Waals surface area (Å²) in [6.45, 7) is -0.615. The molecule has 1 unspecified atom stereocenters. The summed E-state index contributed by atoms with van der Waals surface area (Å²) in [4.78, 5) is 11.0. The molecule has 0 fully saturated rings. The van der Waals surface area contributed by atoms with Crippen molar-refractivity contribution in [1.29, 1.82) is 0 Å². The summed E-state index contributed by atoms with van der Waals surface area (Å²) < 4.78 is 54.3. The van der Waals surface area contributed by atoms with Crippen LogP contribution in [-0.4, -0.2) is 20.9 Å². The number of fused-ring (bicyclic) bond motifs is 1. The lowest BCUT2D eigenvalue weighted by Gasteiger charge is -2.15. The van der Waals surface area contributed by atoms with Crippen LogP contribution in [-0.2, 0) is 21.2 Å². The zero-order chi connectivity index (χ0) is 18.9. The van der Waals surface area contributed by atoms with E-state index in [1.165, 1.54) is 0 Å². The molecule has 1 amide bonds. The molecule has 2 aromatic rings. The molecule has 0 heterocycles. The summed E-state index contributed by atoms with van der Waals surface area (Å²) in [6.07, 6.45) is 1.48. The maximum absolute atomic E-state index is 13.6. The fraction of sp³-hybridized carbons (Fsp3) is 0.235. The number of amides is 1. The molecule has 0 bridgehead atoms. The number of benzene rings is 2. The molecule has 0 saturated carbocycles. The van der Waals surface area contributed by atoms with E-state index in [4.69, 9.17) is 0 Å². The zero-order valence-corrected chi connectivity index (χ0v) is 15.8. The van der Waals surface area contributed by atoms with Gasteiger partial charge in [-0.05, 0) is 42.2 Å². The van der Waals surface area contributed by atoms with Crippen molar-refractivity contribution in [3.05, 3.63) is 63.6 Å². The van der Waals surface area contributed by atoms with Crippen LogP contribution in [0.2, 0.25) is 0 Å². The highest BCUT2D eigenvalue weighted by molar-refractivity contribution is 9.10. The average Bonchev–Trinajstić information content (AvgIpc) is 2.97. The minimum Gasteiger partial charge on any atom is -0.348 e. The van der Waals surface area contributed by atoms with E-state index in [1.807, 2.05) is 22.9 Å². The number of rotatable bonds is 5. The number of nitrogens with one attached hydrogen (secondary N) is 2. The second-order valence-electron chi connectivity index (χ2n) is 5.84. The van der Waals surface area contributed by atoms with Crippen molar-refractivity contribution in [3.63, 3.8) is 0 Å². The fourth-order valence-electron chi connectivity index (χ4n) is 2.98. The Morgan fingerprint density at radius 1 is 1.15 bits per heavy atom. The second-order valence-corrected chi connectivity index (χ2v) is 8.40. The average molecular weight is 445 g/mol. The molecular formula is C17H15BrF2N2O3S. The lowest BCUT2D eigenvalue weighted by molar-refractivity contribution is -0.120. The van der Waals surface area contributed by atoms with Gasteiger partial charge in [-0.1, -0.05) is 34.1 Å². The summed E-state index contributed by atoms with van der Waals surface area (Å²) in [7, 11) is -4.49. The predicted octanol–water partition coefficient (Wildman–Crippen LogP) is 2.81. The molecule has 0 saturated heterocycles. The van der Waals surface area contributed by atoms with Crippen LogP contribution < -0.4 is 10.0 Å². The van der Waals surface area contributed by atoms with Gasteiger partial charge in [0, 0.05) is 4.47 Å². The highest BCUT2D eigenvalue weighted by Crippen LogP contribution is 2.35. The molecule has 9 heteroatoms. The molecule has 1 aliphatic carbocycles. The van der Waals surface area contributed by atoms with Gasteiger partial charge in [0.1, 0.15) is 11.6 Å². The zero-order valence-electron chi connectivity index (χ0n) is 13.4. The summed E-state index contributed by atoms with van der Waals surface area (Å²) >= 11 is 3.46. The maximum Gasteiger partial charge on any atom is 0.246 e. The van der Waals surface area contributed by atoms with Crippen molar-refractivity contribution in [3.8, 4) is 0 Å². The SMILES string of the molecule is O=C(CNS(=O)(=O)c1c(F)cccc1F)NC1CCc2c(Br)cccc21. The first-order valence-electron chi connectivity index (χ1n) is 7.80. The topological polar surface area (TPSA) is 75.3 Å². The van der Waals surface area contributed by atoms with Gasteiger partial charge in [-0.25, -0.2) is 21.9 Å². The number of carbonyl (C=O) groups excluding carboxylic acids is 1. The van der Waals surface area contributed by atoms with Crippen molar-refractivity contribution >= 4 is 31.9 Å². The van der Waals surface area contributed by atoms with Gasteiger partial charge in [0.25, 0.3) is 0 Å².